The topological polar surface area (TPSA) is 37.4 Å². The number of sulfonamides is 1. The normalized spacial score (nSPS) is 32.4. The summed E-state index contributed by atoms with van der Waals surface area (Å²) in [4.78, 5) is 0. The minimum absolute atomic E-state index is 0.281. The van der Waals surface area contributed by atoms with E-state index < -0.39 is 10.0 Å². The van der Waals surface area contributed by atoms with Crippen molar-refractivity contribution >= 4 is 10.0 Å². The average Bonchev–Trinajstić information content (AvgIpc) is 2.13. The molecular formula is C9H13NO2S. The molecule has 0 aromatic carbocycles. The number of fused-ring (bicyclic) bond motifs is 1. The monoisotopic (exact) mass is 199 g/mol. The van der Waals surface area contributed by atoms with Crippen molar-refractivity contribution in [2.75, 3.05) is 13.6 Å². The summed E-state index contributed by atoms with van der Waals surface area (Å²) in [5.41, 5.74) is 1.07. The molecule has 0 saturated carbocycles. The number of hydrogen-bond donors (Lipinski definition) is 0. The molecule has 0 radical (unpaired) electrons. The summed E-state index contributed by atoms with van der Waals surface area (Å²) in [5, 5.41) is -0.281. The molecule has 0 aromatic rings. The van der Waals surface area contributed by atoms with Crippen LogP contribution in [0.3, 0.4) is 0 Å². The van der Waals surface area contributed by atoms with E-state index in [1.807, 2.05) is 18.2 Å². The summed E-state index contributed by atoms with van der Waals surface area (Å²) in [6.45, 7) is 0.624. The molecule has 72 valence electrons. The van der Waals surface area contributed by atoms with Crippen LogP contribution in [0.4, 0.5) is 0 Å². The Balaban J connectivity index is 2.40. The van der Waals surface area contributed by atoms with Crippen molar-refractivity contribution in [3.8, 4) is 0 Å². The van der Waals surface area contributed by atoms with Crippen LogP contribution in [0, 0.1) is 0 Å². The zero-order valence-electron chi connectivity index (χ0n) is 7.60. The van der Waals surface area contributed by atoms with Gasteiger partial charge in [0.1, 0.15) is 5.25 Å². The Morgan fingerprint density at radius 3 is 3.08 bits per heavy atom. The molecular weight excluding hydrogens is 186 g/mol. The van der Waals surface area contributed by atoms with Gasteiger partial charge in [-0.3, -0.25) is 0 Å². The Morgan fingerprint density at radius 2 is 2.31 bits per heavy atom. The van der Waals surface area contributed by atoms with Gasteiger partial charge in [0.25, 0.3) is 0 Å². The van der Waals surface area contributed by atoms with E-state index in [0.29, 0.717) is 13.0 Å². The Morgan fingerprint density at radius 1 is 1.54 bits per heavy atom. The van der Waals surface area contributed by atoms with Crippen molar-refractivity contribution in [3.05, 3.63) is 23.8 Å². The first-order valence-electron chi connectivity index (χ1n) is 4.43. The third kappa shape index (κ3) is 1.34. The van der Waals surface area contributed by atoms with Crippen LogP contribution in [-0.4, -0.2) is 31.6 Å². The van der Waals surface area contributed by atoms with Crippen LogP contribution in [0.25, 0.3) is 0 Å². The highest BCUT2D eigenvalue weighted by Crippen LogP contribution is 2.29. The lowest BCUT2D eigenvalue weighted by atomic mass is 10.0. The maximum atomic E-state index is 11.8. The van der Waals surface area contributed by atoms with Gasteiger partial charge in [0.05, 0.1) is 0 Å². The van der Waals surface area contributed by atoms with Crippen LogP contribution in [0.15, 0.2) is 23.8 Å². The lowest BCUT2D eigenvalue weighted by molar-refractivity contribution is 0.441. The molecule has 0 N–H and O–H groups in total. The quantitative estimate of drug-likeness (QED) is 0.581. The number of allylic oxidation sites excluding steroid dienone is 3. The van der Waals surface area contributed by atoms with Gasteiger partial charge in [0.2, 0.25) is 10.0 Å². The molecule has 0 spiro atoms. The third-order valence-electron chi connectivity index (χ3n) is 2.72. The van der Waals surface area contributed by atoms with Crippen molar-refractivity contribution in [1.29, 1.82) is 0 Å². The van der Waals surface area contributed by atoms with Gasteiger partial charge in [0.15, 0.2) is 0 Å². The highest BCUT2D eigenvalue weighted by molar-refractivity contribution is 7.90. The number of hydrogen-bond acceptors (Lipinski definition) is 2. The fourth-order valence-corrected chi connectivity index (χ4v) is 3.55. The van der Waals surface area contributed by atoms with Crippen LogP contribution in [-0.2, 0) is 10.0 Å². The first kappa shape index (κ1) is 8.97. The van der Waals surface area contributed by atoms with Crippen LogP contribution in [0.2, 0.25) is 0 Å². The lowest BCUT2D eigenvalue weighted by Crippen LogP contribution is -2.42. The van der Waals surface area contributed by atoms with Gasteiger partial charge in [-0.05, 0) is 18.4 Å². The van der Waals surface area contributed by atoms with E-state index >= 15 is 0 Å². The second-order valence-electron chi connectivity index (χ2n) is 3.51. The third-order valence-corrected chi connectivity index (χ3v) is 4.99. The van der Waals surface area contributed by atoms with Crippen LogP contribution in [0.1, 0.15) is 12.8 Å². The van der Waals surface area contributed by atoms with E-state index in [1.54, 1.807) is 7.05 Å². The molecule has 2 aliphatic rings. The Bertz CT molecular complexity index is 367. The van der Waals surface area contributed by atoms with Gasteiger partial charge >= 0.3 is 0 Å². The molecule has 0 aromatic heterocycles. The second kappa shape index (κ2) is 2.96. The van der Waals surface area contributed by atoms with E-state index in [1.165, 1.54) is 4.31 Å². The molecule has 1 aliphatic heterocycles. The maximum Gasteiger partial charge on any atom is 0.220 e. The zero-order valence-corrected chi connectivity index (χ0v) is 8.42. The van der Waals surface area contributed by atoms with E-state index in [9.17, 15) is 8.42 Å². The van der Waals surface area contributed by atoms with E-state index in [-0.39, 0.29) is 5.25 Å². The van der Waals surface area contributed by atoms with Gasteiger partial charge in [0, 0.05) is 13.6 Å². The molecule has 1 aliphatic carbocycles. The second-order valence-corrected chi connectivity index (χ2v) is 5.73. The predicted molar refractivity (Wildman–Crippen MR) is 51.8 cm³/mol. The van der Waals surface area contributed by atoms with Crippen LogP contribution >= 0.6 is 0 Å². The molecule has 0 bridgehead atoms. The summed E-state index contributed by atoms with van der Waals surface area (Å²) < 4.78 is 25.1. The molecule has 2 rings (SSSR count). The van der Waals surface area contributed by atoms with Crippen LogP contribution in [0.5, 0.6) is 0 Å². The summed E-state index contributed by atoms with van der Waals surface area (Å²) in [6, 6.07) is 0. The predicted octanol–water partition coefficient (Wildman–Crippen LogP) is 0.907. The number of nitrogens with zero attached hydrogens (tertiary/aromatic N) is 1. The van der Waals surface area contributed by atoms with Gasteiger partial charge in [-0.2, -0.15) is 0 Å². The SMILES string of the molecule is CN1CCC2=CC=CCC2S1(=O)=O. The van der Waals surface area contributed by atoms with Crippen LogP contribution < -0.4 is 0 Å². The Kier molecular flexibility index (Phi) is 2.04. The molecule has 1 heterocycles. The first-order chi connectivity index (χ1) is 6.12. The highest BCUT2D eigenvalue weighted by Gasteiger charge is 2.36. The molecule has 1 unspecified atom stereocenters. The van der Waals surface area contributed by atoms with Crippen molar-refractivity contribution < 1.29 is 8.42 Å². The van der Waals surface area contributed by atoms with E-state index in [0.717, 1.165) is 12.0 Å². The minimum Gasteiger partial charge on any atom is -0.212 e. The van der Waals surface area contributed by atoms with E-state index in [4.69, 9.17) is 0 Å². The molecule has 3 nitrogen and oxygen atoms in total. The van der Waals surface area contributed by atoms with Gasteiger partial charge in [-0.15, -0.1) is 0 Å². The van der Waals surface area contributed by atoms with Crippen molar-refractivity contribution in [1.82, 2.24) is 4.31 Å². The number of rotatable bonds is 0. The molecule has 0 amide bonds. The van der Waals surface area contributed by atoms with Gasteiger partial charge in [-0.25, -0.2) is 12.7 Å². The van der Waals surface area contributed by atoms with E-state index in [2.05, 4.69) is 0 Å². The maximum absolute atomic E-state index is 11.8. The first-order valence-corrected chi connectivity index (χ1v) is 5.93. The Labute approximate surface area is 78.8 Å². The van der Waals surface area contributed by atoms with Gasteiger partial charge < -0.3 is 0 Å². The smallest absolute Gasteiger partial charge is 0.212 e. The van der Waals surface area contributed by atoms with Gasteiger partial charge in [-0.1, -0.05) is 18.2 Å². The lowest BCUT2D eigenvalue weighted by Gasteiger charge is -2.32. The highest BCUT2D eigenvalue weighted by atomic mass is 32.2. The standard InChI is InChI=1S/C9H13NO2S/c1-10-7-6-8-4-2-3-5-9(8)13(10,11)12/h2-4,9H,5-7H2,1H3. The zero-order chi connectivity index (χ0) is 9.47. The average molecular weight is 199 g/mol. The summed E-state index contributed by atoms with van der Waals surface area (Å²) in [5.74, 6) is 0. The fourth-order valence-electron chi connectivity index (χ4n) is 1.84. The molecule has 1 saturated heterocycles. The molecule has 1 fully saturated rings. The van der Waals surface area contributed by atoms with Crippen molar-refractivity contribution in [2.45, 2.75) is 18.1 Å². The minimum atomic E-state index is -3.05. The fraction of sp³-hybridized carbons (Fsp3) is 0.556. The van der Waals surface area contributed by atoms with Crippen molar-refractivity contribution in [2.24, 2.45) is 0 Å². The summed E-state index contributed by atoms with van der Waals surface area (Å²) in [7, 11) is -1.39. The molecule has 1 atom stereocenters. The summed E-state index contributed by atoms with van der Waals surface area (Å²) in [6.07, 6.45) is 7.33. The van der Waals surface area contributed by atoms with Crippen molar-refractivity contribution in [3.63, 3.8) is 0 Å². The summed E-state index contributed by atoms with van der Waals surface area (Å²) >= 11 is 0. The Hall–Kier alpha value is -0.610. The molecule has 13 heavy (non-hydrogen) atoms. The largest absolute Gasteiger partial charge is 0.220 e. The molecule has 4 heteroatoms.